The number of amides is 1. The minimum absolute atomic E-state index is 0.224. The summed E-state index contributed by atoms with van der Waals surface area (Å²) >= 11 is 5.32. The van der Waals surface area contributed by atoms with Gasteiger partial charge in [-0.3, -0.25) is 4.79 Å². The smallest absolute Gasteiger partial charge is 0.255 e. The summed E-state index contributed by atoms with van der Waals surface area (Å²) in [7, 11) is 1.61. The average molecular weight is 649 g/mol. The fourth-order valence-electron chi connectivity index (χ4n) is 4.85. The number of fused-ring (bicyclic) bond motifs is 1. The number of benzene rings is 3. The van der Waals surface area contributed by atoms with Gasteiger partial charge in [-0.2, -0.15) is 4.98 Å². The van der Waals surface area contributed by atoms with Crippen molar-refractivity contribution >= 4 is 45.2 Å². The number of ether oxygens (including phenoxy) is 2. The van der Waals surface area contributed by atoms with E-state index in [2.05, 4.69) is 46.5 Å². The van der Waals surface area contributed by atoms with Crippen LogP contribution in [0.15, 0.2) is 81.6 Å². The lowest BCUT2D eigenvalue weighted by molar-refractivity contribution is -0.113. The second-order valence-corrected chi connectivity index (χ2v) is 12.0. The Labute approximate surface area is 259 Å². The van der Waals surface area contributed by atoms with Gasteiger partial charge in [-0.25, -0.2) is 4.68 Å². The normalized spacial score (nSPS) is 14.3. The van der Waals surface area contributed by atoms with Crippen LogP contribution in [0.2, 0.25) is 0 Å². The van der Waals surface area contributed by atoms with Crippen molar-refractivity contribution in [2.24, 2.45) is 0 Å². The molecule has 0 radical (unpaired) electrons. The number of carbonyl (C=O) groups excluding carboxylic acids is 1. The number of halogens is 1. The number of hydrogen-bond donors (Lipinski definition) is 2. The van der Waals surface area contributed by atoms with E-state index < -0.39 is 6.04 Å². The SMILES string of the molecule is CCCSc1nc2n(n1)C(c1cc(Br)c(OCc3ccccc3C)c(OC)c1)C(C(=O)Nc1ccccc1C)=C(C)N2. The van der Waals surface area contributed by atoms with Gasteiger partial charge in [0.05, 0.1) is 17.2 Å². The number of anilines is 2. The lowest BCUT2D eigenvalue weighted by atomic mass is 9.94. The predicted molar refractivity (Wildman–Crippen MR) is 172 cm³/mol. The minimum atomic E-state index is -0.565. The summed E-state index contributed by atoms with van der Waals surface area (Å²) < 4.78 is 14.6. The third kappa shape index (κ3) is 6.19. The summed E-state index contributed by atoms with van der Waals surface area (Å²) in [5, 5.41) is 11.9. The van der Waals surface area contributed by atoms with Crippen LogP contribution in [0.3, 0.4) is 0 Å². The maximum absolute atomic E-state index is 14.0. The van der Waals surface area contributed by atoms with E-state index in [1.807, 2.05) is 68.4 Å². The molecule has 5 rings (SSSR count). The second-order valence-electron chi connectivity index (χ2n) is 10.1. The first-order valence-electron chi connectivity index (χ1n) is 13.8. The Bertz CT molecular complexity index is 1650. The molecule has 0 bridgehead atoms. The molecule has 3 aromatic carbocycles. The second kappa shape index (κ2) is 13.0. The van der Waals surface area contributed by atoms with Gasteiger partial charge < -0.3 is 20.1 Å². The molecule has 2 N–H and O–H groups in total. The molecule has 2 heterocycles. The van der Waals surface area contributed by atoms with E-state index in [1.54, 1.807) is 23.6 Å². The molecule has 1 aromatic heterocycles. The number of aryl methyl sites for hydroxylation is 2. The van der Waals surface area contributed by atoms with E-state index in [4.69, 9.17) is 19.6 Å². The van der Waals surface area contributed by atoms with Gasteiger partial charge in [0, 0.05) is 17.1 Å². The first-order valence-corrected chi connectivity index (χ1v) is 15.6. The van der Waals surface area contributed by atoms with Crippen molar-refractivity contribution in [1.82, 2.24) is 14.8 Å². The summed E-state index contributed by atoms with van der Waals surface area (Å²) in [6, 6.07) is 19.1. The molecular formula is C32H34BrN5O3S. The molecule has 0 spiro atoms. The van der Waals surface area contributed by atoms with Crippen LogP contribution in [0.4, 0.5) is 11.6 Å². The zero-order chi connectivity index (χ0) is 29.8. The van der Waals surface area contributed by atoms with Crippen LogP contribution in [0, 0.1) is 13.8 Å². The quantitative estimate of drug-likeness (QED) is 0.171. The van der Waals surface area contributed by atoms with Crippen LogP contribution in [-0.2, 0) is 11.4 Å². The largest absolute Gasteiger partial charge is 0.493 e. The fourth-order valence-corrected chi connectivity index (χ4v) is 6.11. The van der Waals surface area contributed by atoms with Crippen molar-refractivity contribution < 1.29 is 14.3 Å². The summed E-state index contributed by atoms with van der Waals surface area (Å²) in [5.74, 6) is 2.39. The Kier molecular flexibility index (Phi) is 9.23. The Hall–Kier alpha value is -3.76. The highest BCUT2D eigenvalue weighted by Crippen LogP contribution is 2.43. The monoisotopic (exact) mass is 647 g/mol. The van der Waals surface area contributed by atoms with E-state index in [0.29, 0.717) is 45.0 Å². The number of para-hydroxylation sites is 1. The Balaban J connectivity index is 1.56. The number of carbonyl (C=O) groups is 1. The van der Waals surface area contributed by atoms with Crippen molar-refractivity contribution in [3.05, 3.63) is 98.7 Å². The molecule has 0 saturated heterocycles. The van der Waals surface area contributed by atoms with E-state index >= 15 is 0 Å². The van der Waals surface area contributed by atoms with Gasteiger partial charge in [-0.1, -0.05) is 61.2 Å². The lowest BCUT2D eigenvalue weighted by Gasteiger charge is -2.29. The van der Waals surface area contributed by atoms with Crippen LogP contribution < -0.4 is 20.1 Å². The Morgan fingerprint density at radius 2 is 1.83 bits per heavy atom. The van der Waals surface area contributed by atoms with E-state index in [0.717, 1.165) is 40.1 Å². The van der Waals surface area contributed by atoms with Gasteiger partial charge in [-0.15, -0.1) is 5.10 Å². The van der Waals surface area contributed by atoms with Crippen LogP contribution in [0.1, 0.15) is 48.6 Å². The average Bonchev–Trinajstić information content (AvgIpc) is 3.38. The number of hydrogen-bond acceptors (Lipinski definition) is 7. The van der Waals surface area contributed by atoms with Crippen molar-refractivity contribution in [2.75, 3.05) is 23.5 Å². The molecule has 8 nitrogen and oxygen atoms in total. The number of nitrogens with zero attached hydrogens (tertiary/aromatic N) is 3. The van der Waals surface area contributed by atoms with E-state index in [1.165, 1.54) is 0 Å². The highest BCUT2D eigenvalue weighted by Gasteiger charge is 2.35. The standard InChI is InChI=1S/C32H34BrN5O3S/c1-6-15-42-32-36-31-34-21(4)27(30(39)35-25-14-10-8-12-20(25)3)28(38(31)37-32)23-16-24(33)29(26(17-23)40-5)41-18-22-13-9-7-11-19(22)2/h7-14,16-17,28H,6,15,18H2,1-5H3,(H,35,39)(H,34,36,37). The van der Waals surface area contributed by atoms with Gasteiger partial charge in [-0.05, 0) is 83.6 Å². The van der Waals surface area contributed by atoms with Gasteiger partial charge in [0.15, 0.2) is 11.5 Å². The number of methoxy groups -OCH3 is 1. The topological polar surface area (TPSA) is 90.3 Å². The van der Waals surface area contributed by atoms with Crippen molar-refractivity contribution in [1.29, 1.82) is 0 Å². The highest BCUT2D eigenvalue weighted by molar-refractivity contribution is 9.10. The molecule has 0 aliphatic carbocycles. The number of aromatic nitrogens is 3. The van der Waals surface area contributed by atoms with Crippen molar-refractivity contribution in [3.63, 3.8) is 0 Å². The molecule has 218 valence electrons. The van der Waals surface area contributed by atoms with Gasteiger partial charge in [0.25, 0.3) is 5.91 Å². The first-order chi connectivity index (χ1) is 20.3. The zero-order valence-corrected chi connectivity index (χ0v) is 26.7. The number of allylic oxidation sites excluding steroid dienone is 1. The fraction of sp³-hybridized carbons (Fsp3) is 0.281. The van der Waals surface area contributed by atoms with Crippen LogP contribution in [0.5, 0.6) is 11.5 Å². The van der Waals surface area contributed by atoms with Crippen LogP contribution in [-0.4, -0.2) is 33.5 Å². The third-order valence-corrected chi connectivity index (χ3v) is 8.74. The maximum Gasteiger partial charge on any atom is 0.255 e. The molecule has 42 heavy (non-hydrogen) atoms. The number of rotatable bonds is 10. The van der Waals surface area contributed by atoms with Gasteiger partial charge >= 0.3 is 0 Å². The number of thioether (sulfide) groups is 1. The van der Waals surface area contributed by atoms with Gasteiger partial charge in [0.1, 0.15) is 12.6 Å². The molecular weight excluding hydrogens is 614 g/mol. The number of nitrogens with one attached hydrogen (secondary N) is 2. The van der Waals surface area contributed by atoms with Crippen LogP contribution in [0.25, 0.3) is 0 Å². The highest BCUT2D eigenvalue weighted by atomic mass is 79.9. The molecule has 1 unspecified atom stereocenters. The summed E-state index contributed by atoms with van der Waals surface area (Å²) in [6.45, 7) is 8.44. The first kappa shape index (κ1) is 29.7. The molecule has 4 aromatic rings. The maximum atomic E-state index is 14.0. The zero-order valence-electron chi connectivity index (χ0n) is 24.3. The lowest BCUT2D eigenvalue weighted by Crippen LogP contribution is -2.31. The predicted octanol–water partition coefficient (Wildman–Crippen LogP) is 7.67. The van der Waals surface area contributed by atoms with E-state index in [-0.39, 0.29) is 5.91 Å². The Morgan fingerprint density at radius 3 is 2.55 bits per heavy atom. The molecule has 1 atom stereocenters. The molecule has 0 fully saturated rings. The third-order valence-electron chi connectivity index (χ3n) is 7.11. The van der Waals surface area contributed by atoms with Gasteiger partial charge in [0.2, 0.25) is 11.1 Å². The van der Waals surface area contributed by atoms with E-state index in [9.17, 15) is 4.79 Å². The van der Waals surface area contributed by atoms with Crippen LogP contribution >= 0.6 is 27.7 Å². The molecule has 1 aliphatic heterocycles. The molecule has 10 heteroatoms. The summed E-state index contributed by atoms with van der Waals surface area (Å²) in [5.41, 5.74) is 6.01. The minimum Gasteiger partial charge on any atom is -0.493 e. The molecule has 1 amide bonds. The Morgan fingerprint density at radius 1 is 1.10 bits per heavy atom. The molecule has 1 aliphatic rings. The molecule has 0 saturated carbocycles. The van der Waals surface area contributed by atoms with Crippen molar-refractivity contribution in [2.45, 2.75) is 51.9 Å². The summed E-state index contributed by atoms with van der Waals surface area (Å²) in [4.78, 5) is 18.7. The van der Waals surface area contributed by atoms with Crippen molar-refractivity contribution in [3.8, 4) is 11.5 Å². The summed E-state index contributed by atoms with van der Waals surface area (Å²) in [6.07, 6.45) is 1.00.